The Labute approximate surface area is 132 Å². The zero-order valence-electron chi connectivity index (χ0n) is 13.2. The summed E-state index contributed by atoms with van der Waals surface area (Å²) in [5.74, 6) is -0.0995. The maximum Gasteiger partial charge on any atom is 0.360 e. The van der Waals surface area contributed by atoms with E-state index < -0.39 is 11.9 Å². The van der Waals surface area contributed by atoms with Crippen LogP contribution in [0.2, 0.25) is 0 Å². The SMILES string of the molecule is COC(=O)c1nn(C)cc1NC(=O)c1ccc(OC)c(OC)c1. The van der Waals surface area contributed by atoms with Crippen LogP contribution in [0.3, 0.4) is 0 Å². The number of methoxy groups -OCH3 is 3. The fourth-order valence-corrected chi connectivity index (χ4v) is 2.00. The summed E-state index contributed by atoms with van der Waals surface area (Å²) in [5.41, 5.74) is 0.644. The highest BCUT2D eigenvalue weighted by molar-refractivity contribution is 6.07. The fourth-order valence-electron chi connectivity index (χ4n) is 2.00. The molecule has 1 aromatic heterocycles. The second-order valence-electron chi connectivity index (χ2n) is 4.58. The van der Waals surface area contributed by atoms with E-state index >= 15 is 0 Å². The molecule has 0 unspecified atom stereocenters. The van der Waals surface area contributed by atoms with E-state index in [0.29, 0.717) is 17.1 Å². The van der Waals surface area contributed by atoms with E-state index in [-0.39, 0.29) is 11.4 Å². The van der Waals surface area contributed by atoms with Crippen molar-refractivity contribution < 1.29 is 23.8 Å². The Morgan fingerprint density at radius 3 is 2.43 bits per heavy atom. The van der Waals surface area contributed by atoms with Gasteiger partial charge in [0.2, 0.25) is 0 Å². The zero-order chi connectivity index (χ0) is 17.0. The third kappa shape index (κ3) is 3.42. The summed E-state index contributed by atoms with van der Waals surface area (Å²) < 4.78 is 16.3. The number of carbonyl (C=O) groups is 2. The van der Waals surface area contributed by atoms with Gasteiger partial charge in [0.25, 0.3) is 5.91 Å². The highest BCUT2D eigenvalue weighted by Crippen LogP contribution is 2.28. The minimum Gasteiger partial charge on any atom is -0.493 e. The maximum atomic E-state index is 12.4. The Morgan fingerprint density at radius 1 is 1.13 bits per heavy atom. The molecule has 0 aliphatic carbocycles. The Morgan fingerprint density at radius 2 is 1.83 bits per heavy atom. The molecule has 0 saturated heterocycles. The molecule has 0 fully saturated rings. The Hall–Kier alpha value is -3.03. The highest BCUT2D eigenvalue weighted by atomic mass is 16.5. The number of nitrogens with one attached hydrogen (secondary N) is 1. The summed E-state index contributed by atoms with van der Waals surface area (Å²) >= 11 is 0. The summed E-state index contributed by atoms with van der Waals surface area (Å²) in [4.78, 5) is 24.0. The first-order chi connectivity index (χ1) is 11.0. The van der Waals surface area contributed by atoms with Gasteiger partial charge in [-0.05, 0) is 18.2 Å². The largest absolute Gasteiger partial charge is 0.493 e. The first kappa shape index (κ1) is 16.3. The van der Waals surface area contributed by atoms with Gasteiger partial charge in [0.05, 0.1) is 27.0 Å². The lowest BCUT2D eigenvalue weighted by atomic mass is 10.2. The number of rotatable bonds is 5. The van der Waals surface area contributed by atoms with Crippen LogP contribution in [0, 0.1) is 0 Å². The van der Waals surface area contributed by atoms with Crippen molar-refractivity contribution in [3.05, 3.63) is 35.7 Å². The molecule has 0 aliphatic heterocycles. The number of anilines is 1. The number of aryl methyl sites for hydroxylation is 1. The van der Waals surface area contributed by atoms with Gasteiger partial charge in [-0.3, -0.25) is 9.48 Å². The number of hydrogen-bond donors (Lipinski definition) is 1. The molecule has 1 heterocycles. The molecular weight excluding hydrogens is 302 g/mol. The third-order valence-electron chi connectivity index (χ3n) is 3.10. The average molecular weight is 319 g/mol. The molecule has 0 radical (unpaired) electrons. The van der Waals surface area contributed by atoms with Gasteiger partial charge in [-0.25, -0.2) is 4.79 Å². The Kier molecular flexibility index (Phi) is 4.85. The number of esters is 1. The average Bonchev–Trinajstić information content (AvgIpc) is 2.93. The second-order valence-corrected chi connectivity index (χ2v) is 4.58. The standard InChI is InChI=1S/C15H17N3O5/c1-18-8-10(13(17-18)15(20)23-4)16-14(19)9-5-6-11(21-2)12(7-9)22-3/h5-8H,1-4H3,(H,16,19). The first-order valence-electron chi connectivity index (χ1n) is 6.65. The van der Waals surface area contributed by atoms with E-state index in [9.17, 15) is 9.59 Å². The van der Waals surface area contributed by atoms with Crippen molar-refractivity contribution in [1.82, 2.24) is 9.78 Å². The molecule has 122 valence electrons. The van der Waals surface area contributed by atoms with E-state index in [2.05, 4.69) is 15.2 Å². The van der Waals surface area contributed by atoms with Gasteiger partial charge in [0.1, 0.15) is 0 Å². The number of ether oxygens (including phenoxy) is 3. The quantitative estimate of drug-likeness (QED) is 0.839. The molecule has 0 saturated carbocycles. The van der Waals surface area contributed by atoms with E-state index in [0.717, 1.165) is 0 Å². The van der Waals surface area contributed by atoms with Gasteiger partial charge in [0, 0.05) is 18.8 Å². The number of nitrogens with zero attached hydrogens (tertiary/aromatic N) is 2. The first-order valence-corrected chi connectivity index (χ1v) is 6.65. The second kappa shape index (κ2) is 6.82. The summed E-state index contributed by atoms with van der Waals surface area (Å²) in [7, 11) is 5.88. The van der Waals surface area contributed by atoms with E-state index in [1.807, 2.05) is 0 Å². The van der Waals surface area contributed by atoms with Gasteiger partial charge in [-0.1, -0.05) is 0 Å². The maximum absolute atomic E-state index is 12.4. The van der Waals surface area contributed by atoms with Crippen LogP contribution in [-0.4, -0.2) is 43.0 Å². The molecular formula is C15H17N3O5. The van der Waals surface area contributed by atoms with E-state index in [1.165, 1.54) is 32.2 Å². The van der Waals surface area contributed by atoms with Crippen molar-refractivity contribution >= 4 is 17.6 Å². The van der Waals surface area contributed by atoms with Crippen LogP contribution in [0.4, 0.5) is 5.69 Å². The number of carbonyl (C=O) groups excluding carboxylic acids is 2. The normalized spacial score (nSPS) is 10.1. The van der Waals surface area contributed by atoms with Gasteiger partial charge in [0.15, 0.2) is 17.2 Å². The zero-order valence-corrected chi connectivity index (χ0v) is 13.2. The lowest BCUT2D eigenvalue weighted by Gasteiger charge is -2.09. The van der Waals surface area contributed by atoms with Crippen molar-refractivity contribution in [1.29, 1.82) is 0 Å². The monoisotopic (exact) mass is 319 g/mol. The van der Waals surface area contributed by atoms with Crippen molar-refractivity contribution in [2.24, 2.45) is 7.05 Å². The highest BCUT2D eigenvalue weighted by Gasteiger charge is 2.19. The molecule has 2 aromatic rings. The van der Waals surface area contributed by atoms with Crippen LogP contribution in [0.5, 0.6) is 11.5 Å². The van der Waals surface area contributed by atoms with Crippen LogP contribution in [0.25, 0.3) is 0 Å². The number of aromatic nitrogens is 2. The van der Waals surface area contributed by atoms with Crippen LogP contribution < -0.4 is 14.8 Å². The van der Waals surface area contributed by atoms with Gasteiger partial charge in [-0.2, -0.15) is 5.10 Å². The summed E-state index contributed by atoms with van der Waals surface area (Å²) in [5, 5.41) is 6.60. The summed E-state index contributed by atoms with van der Waals surface area (Å²) in [6.45, 7) is 0. The summed E-state index contributed by atoms with van der Waals surface area (Å²) in [6.07, 6.45) is 1.52. The topological polar surface area (TPSA) is 91.7 Å². The lowest BCUT2D eigenvalue weighted by Crippen LogP contribution is -2.15. The van der Waals surface area contributed by atoms with Crippen LogP contribution in [0.1, 0.15) is 20.8 Å². The van der Waals surface area contributed by atoms with Crippen LogP contribution in [-0.2, 0) is 11.8 Å². The van der Waals surface area contributed by atoms with Gasteiger partial charge < -0.3 is 19.5 Å². The number of benzene rings is 1. The molecule has 0 spiro atoms. The van der Waals surface area contributed by atoms with Gasteiger partial charge in [-0.15, -0.1) is 0 Å². The Bertz CT molecular complexity index is 739. The van der Waals surface area contributed by atoms with Crippen molar-refractivity contribution in [3.63, 3.8) is 0 Å². The summed E-state index contributed by atoms with van der Waals surface area (Å²) in [6, 6.07) is 4.76. The van der Waals surface area contributed by atoms with E-state index in [4.69, 9.17) is 9.47 Å². The number of hydrogen-bond acceptors (Lipinski definition) is 6. The fraction of sp³-hybridized carbons (Fsp3) is 0.267. The molecule has 1 amide bonds. The van der Waals surface area contributed by atoms with Crippen LogP contribution >= 0.6 is 0 Å². The molecule has 0 aliphatic rings. The van der Waals surface area contributed by atoms with Crippen LogP contribution in [0.15, 0.2) is 24.4 Å². The van der Waals surface area contributed by atoms with Crippen molar-refractivity contribution in [2.45, 2.75) is 0 Å². The molecule has 0 bridgehead atoms. The predicted octanol–water partition coefficient (Wildman–Crippen LogP) is 1.48. The lowest BCUT2D eigenvalue weighted by molar-refractivity contribution is 0.0594. The molecule has 8 heteroatoms. The molecule has 23 heavy (non-hydrogen) atoms. The molecule has 2 rings (SSSR count). The molecule has 1 aromatic carbocycles. The smallest absolute Gasteiger partial charge is 0.360 e. The number of amides is 1. The van der Waals surface area contributed by atoms with E-state index in [1.54, 1.807) is 25.2 Å². The van der Waals surface area contributed by atoms with Gasteiger partial charge >= 0.3 is 5.97 Å². The predicted molar refractivity (Wildman–Crippen MR) is 82.0 cm³/mol. The van der Waals surface area contributed by atoms with Crippen molar-refractivity contribution in [3.8, 4) is 11.5 Å². The molecule has 0 atom stereocenters. The minimum absolute atomic E-state index is 0.0313. The molecule has 8 nitrogen and oxygen atoms in total. The third-order valence-corrected chi connectivity index (χ3v) is 3.10. The molecule has 1 N–H and O–H groups in total. The minimum atomic E-state index is -0.631. The van der Waals surface area contributed by atoms with Crippen molar-refractivity contribution in [2.75, 3.05) is 26.6 Å². The Balaban J connectivity index is 2.28.